The molecule has 52 nitrogen and oxygen atoms in total. The Morgan fingerprint density at radius 3 is 0.514 bits per heavy atom. The van der Waals surface area contributed by atoms with Crippen LogP contribution in [0, 0.1) is 0 Å². The maximum absolute atomic E-state index is 12.3. The lowest BCUT2D eigenvalue weighted by Gasteiger charge is -2.46. The highest BCUT2D eigenvalue weighted by Gasteiger charge is 2.59. The van der Waals surface area contributed by atoms with Crippen molar-refractivity contribution in [3.8, 4) is 46.0 Å². The summed E-state index contributed by atoms with van der Waals surface area (Å²) < 4.78 is 155. The normalized spacial score (nSPS) is 40.5. The molecule has 4 aromatic carbocycles. The Hall–Kier alpha value is -6.48. The molecule has 12 heterocycles. The summed E-state index contributed by atoms with van der Waals surface area (Å²) in [5, 5.41) is 313. The Labute approximate surface area is 845 Å². The minimum Gasteiger partial charge on any atom is -0.457 e. The Morgan fingerprint density at radius 1 is 0.203 bits per heavy atom. The molecule has 832 valence electrons. The molecular formula is C96H136O52. The fourth-order valence-electron chi connectivity index (χ4n) is 22.1. The quantitative estimate of drug-likeness (QED) is 0.0201. The molecule has 8 fully saturated rings. The van der Waals surface area contributed by atoms with Gasteiger partial charge in [0, 0.05) is 68.2 Å². The van der Waals surface area contributed by atoms with E-state index >= 15 is 0 Å². The number of aliphatic hydroxyl groups is 28. The van der Waals surface area contributed by atoms with Crippen LogP contribution in [-0.2, 0) is 102 Å². The summed E-state index contributed by atoms with van der Waals surface area (Å²) in [6, 6.07) is 7.53. The standard InChI is InChI=1S/C96H136O52/c1-5-9-33-37-13-39-34(10-6-2)41-15-43-36(12-8-4)44-16-42-35(11-7-3)40-14-38(33)78-46(26-126-90-74(122)66(114)86(54(22-102)142-90)146-94-70(118)62(110)58(106)50(18-98)138-94)80(40)132-31-134-82(42)48(28-128-92-76(124)68(116)88(56(24-104)144-92)148-96-72(120)64(112)60(108)52(20-100)140-96)84(44)136-32-135-83(43)47(27-127-91-75(123)67(115)87(55(23-103)143-91)147-95-71(119)63(111)59(107)51(19-99)139-95)81(41)133-30-131-79(39)45(77(37)129-29-130-78)25-125-89-73(121)65(113)85(53(21-101)141-89)145-93-69(117)61(109)57(105)49(17-97)137-93/h13-16,33-36,49-76,85-124H,5-12,17-32H2,1-4H3/t33?,34?,35?,36?,49?,50?,51?,52?,53?,54?,55?,56?,57-,58-,59-,60-,61+,62+,63+,64+,65-,66-,67-,68-,69?,70?,71?,72?,73?,74?,75?,76?,85-,86-,87-,88-,89-,90-,91-,92-,93+,94+,95+,96+/m1/s1. The fraction of sp³-hybridized carbons (Fsp3) is 0.750. The van der Waals surface area contributed by atoms with Crippen LogP contribution in [0.1, 0.15) is 169 Å². The summed E-state index contributed by atoms with van der Waals surface area (Å²) in [4.78, 5) is 0. The summed E-state index contributed by atoms with van der Waals surface area (Å²) in [7, 11) is 0. The zero-order valence-corrected chi connectivity index (χ0v) is 81.0. The van der Waals surface area contributed by atoms with Gasteiger partial charge in [0.05, 0.1) is 102 Å². The third kappa shape index (κ3) is 21.4. The van der Waals surface area contributed by atoms with E-state index in [9.17, 15) is 143 Å². The lowest BCUT2D eigenvalue weighted by molar-refractivity contribution is -0.360. The van der Waals surface area contributed by atoms with Gasteiger partial charge in [-0.3, -0.25) is 0 Å². The minimum atomic E-state index is -2.12. The molecule has 1 aliphatic carbocycles. The minimum absolute atomic E-state index is 0.0174. The number of ether oxygens (including phenoxy) is 24. The van der Waals surface area contributed by atoms with Gasteiger partial charge in [-0.2, -0.15) is 0 Å². The van der Waals surface area contributed by atoms with Crippen molar-refractivity contribution in [1.29, 1.82) is 0 Å². The van der Waals surface area contributed by atoms with Crippen molar-refractivity contribution in [2.24, 2.45) is 0 Å². The average Bonchev–Trinajstić information content (AvgIpc) is 0.715. The van der Waals surface area contributed by atoms with Crippen LogP contribution in [0.2, 0.25) is 0 Å². The van der Waals surface area contributed by atoms with E-state index in [0.29, 0.717) is 70.2 Å². The van der Waals surface area contributed by atoms with E-state index in [4.69, 9.17) is 114 Å². The highest BCUT2D eigenvalue weighted by molar-refractivity contribution is 5.70. The second-order valence-electron chi connectivity index (χ2n) is 39.0. The predicted molar refractivity (Wildman–Crippen MR) is 482 cm³/mol. The summed E-state index contributed by atoms with van der Waals surface area (Å²) in [6.45, 7) is -5.67. The summed E-state index contributed by atoms with van der Waals surface area (Å²) in [5.41, 5.74) is 3.27. The second kappa shape index (κ2) is 48.5. The Kier molecular flexibility index (Phi) is 36.9. The maximum Gasteiger partial charge on any atom is 0.230 e. The topological polar surface area (TPSA) is 788 Å². The molecule has 0 radical (unpaired) electrons. The first kappa shape index (κ1) is 113. The molecule has 12 aliphatic heterocycles. The van der Waals surface area contributed by atoms with Crippen LogP contribution < -0.4 is 37.9 Å². The van der Waals surface area contributed by atoms with Crippen molar-refractivity contribution in [1.82, 2.24) is 0 Å². The van der Waals surface area contributed by atoms with Gasteiger partial charge >= 0.3 is 0 Å². The van der Waals surface area contributed by atoms with Gasteiger partial charge in [0.15, 0.2) is 50.3 Å². The molecule has 8 saturated heterocycles. The van der Waals surface area contributed by atoms with E-state index in [-0.39, 0.29) is 93.9 Å². The van der Waals surface area contributed by atoms with E-state index in [1.54, 1.807) is 0 Å². The molecule has 4 aromatic rings. The fourth-order valence-corrected chi connectivity index (χ4v) is 22.1. The van der Waals surface area contributed by atoms with E-state index in [2.05, 4.69) is 0 Å². The first-order valence-electron chi connectivity index (χ1n) is 49.8. The van der Waals surface area contributed by atoms with Crippen LogP contribution in [0.3, 0.4) is 0 Å². The summed E-state index contributed by atoms with van der Waals surface area (Å²) >= 11 is 0. The molecule has 28 N–H and O–H groups in total. The largest absolute Gasteiger partial charge is 0.457 e. The Balaban J connectivity index is 0.852. The van der Waals surface area contributed by atoms with Crippen LogP contribution in [0.25, 0.3) is 0 Å². The third-order valence-electron chi connectivity index (χ3n) is 29.9. The number of aliphatic hydroxyl groups excluding tert-OH is 28. The maximum atomic E-state index is 12.3. The van der Waals surface area contributed by atoms with Crippen molar-refractivity contribution < 1.29 is 257 Å². The van der Waals surface area contributed by atoms with Crippen molar-refractivity contribution in [3.63, 3.8) is 0 Å². The summed E-state index contributed by atoms with van der Waals surface area (Å²) in [5.74, 6) is -3.83. The monoisotopic (exact) mass is 2120 g/mol. The molecular weight excluding hydrogens is 1990 g/mol. The number of hydrogen-bond donors (Lipinski definition) is 28. The second-order valence-corrected chi connectivity index (χ2v) is 39.0. The number of benzene rings is 4. The molecule has 0 amide bonds. The van der Waals surface area contributed by atoms with E-state index < -0.39 is 376 Å². The van der Waals surface area contributed by atoms with Crippen LogP contribution in [-0.4, -0.2) is 469 Å². The molecule has 16 unspecified atom stereocenters. The Morgan fingerprint density at radius 2 is 0.358 bits per heavy atom. The van der Waals surface area contributed by atoms with Gasteiger partial charge < -0.3 is 257 Å². The van der Waals surface area contributed by atoms with Gasteiger partial charge in [-0.15, -0.1) is 0 Å². The molecule has 40 atom stereocenters. The highest BCUT2D eigenvalue weighted by atomic mass is 16.8. The van der Waals surface area contributed by atoms with Crippen molar-refractivity contribution >= 4 is 0 Å². The molecule has 13 aliphatic rings. The lowest BCUT2D eigenvalue weighted by Crippen LogP contribution is -2.64. The van der Waals surface area contributed by atoms with Crippen molar-refractivity contribution in [2.75, 3.05) is 80.0 Å². The first-order chi connectivity index (χ1) is 71.2. The Bertz CT molecular complexity index is 4310. The number of hydrogen-bond acceptors (Lipinski definition) is 52. The van der Waals surface area contributed by atoms with Crippen molar-refractivity contribution in [3.05, 3.63) is 91.0 Å². The zero-order valence-electron chi connectivity index (χ0n) is 81.0. The van der Waals surface area contributed by atoms with E-state index in [1.165, 1.54) is 0 Å². The molecule has 17 rings (SSSR count). The van der Waals surface area contributed by atoms with Gasteiger partial charge in [0.25, 0.3) is 0 Å². The predicted octanol–water partition coefficient (Wildman–Crippen LogP) is -8.79. The molecule has 8 bridgehead atoms. The van der Waals surface area contributed by atoms with E-state index in [0.717, 1.165) is 0 Å². The number of rotatable bonds is 36. The molecule has 0 spiro atoms. The van der Waals surface area contributed by atoms with Gasteiger partial charge in [0.1, 0.15) is 241 Å². The molecule has 52 heteroatoms. The van der Waals surface area contributed by atoms with E-state index in [1.807, 2.05) is 52.0 Å². The zero-order chi connectivity index (χ0) is 106. The SMILES string of the molecule is CCCC1c2cc3c4c(CO[C@@H]5OC(CO)[C@@H](O[C@@H]6OC(CO)[C@@H](O)[C@H](O)C6O)[C@H](O)C5O)c2OCOc2c1cc1c(c2CO[C@@H]2OC(CO)[C@@H](O[C@@H]5OC(CO)[C@@H](O)[C@H](O)C5O)[C@H](O)C2O)OCOc2c(cc5c(c2CO[C@@H]2OC(CO)[C@@H](O[C@@H]6OC(CO)[C@@H](O)[C@H](O)C6O)[C@H](O)C2O)OCOc2c(cc(c(c2CO[C@@H]2OC(CO)[C@@H](O[C@@H]6OC(CO)[C@@H](O)[C@H](O)C6O)[C@H](O)C2O)OCO4)C3CCC)C5CCC)C1CCC. The smallest absolute Gasteiger partial charge is 0.230 e. The van der Waals surface area contributed by atoms with Gasteiger partial charge in [0.2, 0.25) is 27.2 Å². The lowest BCUT2D eigenvalue weighted by atomic mass is 9.74. The molecule has 148 heavy (non-hydrogen) atoms. The van der Waals surface area contributed by atoms with Crippen LogP contribution in [0.15, 0.2) is 24.3 Å². The first-order valence-corrected chi connectivity index (χ1v) is 49.8. The van der Waals surface area contributed by atoms with Gasteiger partial charge in [-0.1, -0.05) is 53.4 Å². The van der Waals surface area contributed by atoms with Crippen LogP contribution >= 0.6 is 0 Å². The molecule has 0 saturated carbocycles. The van der Waals surface area contributed by atoms with Crippen molar-refractivity contribution in [2.45, 2.75) is 375 Å². The average molecular weight is 2120 g/mol. The van der Waals surface area contributed by atoms with Crippen LogP contribution in [0.4, 0.5) is 0 Å². The van der Waals surface area contributed by atoms with Gasteiger partial charge in [-0.25, -0.2) is 0 Å². The third-order valence-corrected chi connectivity index (χ3v) is 29.9. The van der Waals surface area contributed by atoms with Crippen LogP contribution in [0.5, 0.6) is 46.0 Å². The summed E-state index contributed by atoms with van der Waals surface area (Å²) in [6.07, 6.45) is -73.3. The van der Waals surface area contributed by atoms with Gasteiger partial charge in [-0.05, 0) is 49.9 Å². The molecule has 0 aromatic heterocycles. The highest BCUT2D eigenvalue weighted by Crippen LogP contribution is 2.60.